The highest BCUT2D eigenvalue weighted by Crippen LogP contribution is 2.45. The van der Waals surface area contributed by atoms with Gasteiger partial charge in [0.25, 0.3) is 0 Å². The number of para-hydroxylation sites is 4. The van der Waals surface area contributed by atoms with Gasteiger partial charge in [0.15, 0.2) is 17.2 Å². The van der Waals surface area contributed by atoms with E-state index in [1.54, 1.807) is 0 Å². The predicted octanol–water partition coefficient (Wildman–Crippen LogP) is 16.5. The summed E-state index contributed by atoms with van der Waals surface area (Å²) in [6.45, 7) is 0. The maximum atomic E-state index is 6.98. The fraction of sp³-hybridized carbons (Fsp3) is 0. The third-order valence-electron chi connectivity index (χ3n) is 14.0. The number of benzene rings is 10. The second kappa shape index (κ2) is 15.0. The normalized spacial score (nSPS) is 12.0. The van der Waals surface area contributed by atoms with Gasteiger partial charge in [-0.05, 0) is 64.7 Å². The van der Waals surface area contributed by atoms with Gasteiger partial charge in [0.2, 0.25) is 5.95 Å². The van der Waals surface area contributed by atoms with E-state index in [4.69, 9.17) is 23.8 Å². The molecule has 10 aromatic carbocycles. The fourth-order valence-corrected chi connectivity index (χ4v) is 10.8. The van der Waals surface area contributed by atoms with E-state index in [-0.39, 0.29) is 0 Å². The molecule has 5 aromatic heterocycles. The maximum Gasteiger partial charge on any atom is 0.238 e. The van der Waals surface area contributed by atoms with Gasteiger partial charge >= 0.3 is 0 Å². The third-order valence-corrected chi connectivity index (χ3v) is 14.0. The average molecular weight is 896 g/mol. The Morgan fingerprint density at radius 3 is 1.56 bits per heavy atom. The summed E-state index contributed by atoms with van der Waals surface area (Å²) in [5, 5.41) is 8.46. The first-order valence-corrected chi connectivity index (χ1v) is 23.5. The van der Waals surface area contributed by atoms with Crippen molar-refractivity contribution in [2.24, 2.45) is 0 Å². The molecule has 7 nitrogen and oxygen atoms in total. The fourth-order valence-electron chi connectivity index (χ4n) is 10.8. The van der Waals surface area contributed by atoms with Gasteiger partial charge in [-0.2, -0.15) is 9.97 Å². The van der Waals surface area contributed by atoms with Crippen molar-refractivity contribution >= 4 is 87.5 Å². The number of fused-ring (bicyclic) bond motifs is 13. The minimum atomic E-state index is 0.505. The van der Waals surface area contributed by atoms with Gasteiger partial charge < -0.3 is 13.4 Å². The topological polar surface area (TPSA) is 74.8 Å². The molecule has 0 unspecified atom stereocenters. The van der Waals surface area contributed by atoms with E-state index in [1.807, 2.05) is 54.6 Å². The molecule has 0 radical (unpaired) electrons. The van der Waals surface area contributed by atoms with Gasteiger partial charge in [-0.25, -0.2) is 4.98 Å². The van der Waals surface area contributed by atoms with Gasteiger partial charge in [-0.15, -0.1) is 0 Å². The van der Waals surface area contributed by atoms with Crippen LogP contribution in [-0.2, 0) is 0 Å². The summed E-state index contributed by atoms with van der Waals surface area (Å²) in [6.07, 6.45) is 0. The largest absolute Gasteiger partial charge is 0.456 e. The van der Waals surface area contributed by atoms with Crippen molar-refractivity contribution in [2.75, 3.05) is 0 Å². The Morgan fingerprint density at radius 1 is 0.314 bits per heavy atom. The van der Waals surface area contributed by atoms with Crippen molar-refractivity contribution < 1.29 is 8.83 Å². The van der Waals surface area contributed by atoms with Crippen LogP contribution < -0.4 is 0 Å². The first-order valence-electron chi connectivity index (χ1n) is 23.5. The predicted molar refractivity (Wildman–Crippen MR) is 285 cm³/mol. The molecule has 15 rings (SSSR count). The van der Waals surface area contributed by atoms with E-state index in [9.17, 15) is 0 Å². The molecule has 0 saturated heterocycles. The first-order chi connectivity index (χ1) is 34.7. The molecule has 0 spiro atoms. The van der Waals surface area contributed by atoms with E-state index in [1.165, 1.54) is 11.1 Å². The Labute approximate surface area is 399 Å². The number of furan rings is 2. The van der Waals surface area contributed by atoms with Crippen LogP contribution in [0.5, 0.6) is 0 Å². The van der Waals surface area contributed by atoms with E-state index in [0.29, 0.717) is 17.6 Å². The number of rotatable bonds is 6. The van der Waals surface area contributed by atoms with Gasteiger partial charge in [0.05, 0.1) is 27.8 Å². The Hall–Kier alpha value is -9.59. The second-order valence-corrected chi connectivity index (χ2v) is 17.9. The lowest BCUT2D eigenvalue weighted by Crippen LogP contribution is -2.07. The molecule has 0 fully saturated rings. The number of hydrogen-bond donors (Lipinski definition) is 0. The SMILES string of the molecule is c1ccc(-c2ccc(-c3cc(-n4c5ccccc5c5ccc6c7ccccc7n(-c7nc(-c8ccccc8)nc(-c8cccc9oc%10ccccc%10c89)n7)c6c54)c4oc5ccccc5c4c3)cc2)cc1. The highest BCUT2D eigenvalue weighted by Gasteiger charge is 2.26. The lowest BCUT2D eigenvalue weighted by atomic mass is 9.98. The molecule has 326 valence electrons. The summed E-state index contributed by atoms with van der Waals surface area (Å²) < 4.78 is 18.0. The zero-order valence-corrected chi connectivity index (χ0v) is 37.4. The van der Waals surface area contributed by atoms with Crippen LogP contribution in [0.1, 0.15) is 0 Å². The van der Waals surface area contributed by atoms with Crippen LogP contribution >= 0.6 is 0 Å². The minimum absolute atomic E-state index is 0.505. The summed E-state index contributed by atoms with van der Waals surface area (Å²) in [6, 6.07) is 78.5. The molecule has 5 heterocycles. The van der Waals surface area contributed by atoms with Crippen molar-refractivity contribution in [3.05, 3.63) is 224 Å². The van der Waals surface area contributed by atoms with Crippen LogP contribution in [-0.4, -0.2) is 24.1 Å². The summed E-state index contributed by atoms with van der Waals surface area (Å²) in [7, 11) is 0. The Morgan fingerprint density at radius 2 is 0.843 bits per heavy atom. The Balaban J connectivity index is 1.06. The lowest BCUT2D eigenvalue weighted by molar-refractivity contribution is 0.666. The minimum Gasteiger partial charge on any atom is -0.456 e. The third kappa shape index (κ3) is 5.72. The standard InChI is InChI=1S/C63H37N5O2/c1-3-16-38(17-4-1)39-30-32-40(33-31-39)42-36-50-45-22-9-13-27-54(45)70-60(50)53(37-42)67-51-25-11-7-20-43(51)46-34-35-47-44-21-8-12-26-52(44)68(59(47)58(46)67)63-65-61(41-18-5-2-6-19-41)64-62(66-63)49-24-15-29-56-57(49)48-23-10-14-28-55(48)69-56/h1-37H. The average Bonchev–Trinajstić information content (AvgIpc) is 4.19. The van der Waals surface area contributed by atoms with Gasteiger partial charge in [-0.3, -0.25) is 4.57 Å². The van der Waals surface area contributed by atoms with E-state index in [0.717, 1.165) is 115 Å². The lowest BCUT2D eigenvalue weighted by Gasteiger charge is -2.15. The molecule has 0 N–H and O–H groups in total. The van der Waals surface area contributed by atoms with Crippen molar-refractivity contribution in [1.29, 1.82) is 0 Å². The highest BCUT2D eigenvalue weighted by molar-refractivity contribution is 6.24. The molecule has 7 heteroatoms. The molecular weight excluding hydrogens is 859 g/mol. The molecule has 0 saturated carbocycles. The van der Waals surface area contributed by atoms with E-state index in [2.05, 4.69) is 179 Å². The van der Waals surface area contributed by atoms with Crippen LogP contribution in [0.15, 0.2) is 233 Å². The molecule has 0 bridgehead atoms. The molecule has 0 amide bonds. The number of aromatic nitrogens is 5. The van der Waals surface area contributed by atoms with Crippen LogP contribution in [0.3, 0.4) is 0 Å². The quantitative estimate of drug-likeness (QED) is 0.166. The zero-order valence-electron chi connectivity index (χ0n) is 37.4. The molecule has 0 aliphatic carbocycles. The first kappa shape index (κ1) is 38.5. The molecular formula is C63H37N5O2. The highest BCUT2D eigenvalue weighted by atomic mass is 16.3. The molecule has 0 aliphatic rings. The number of nitrogens with zero attached hydrogens (tertiary/aromatic N) is 5. The monoisotopic (exact) mass is 895 g/mol. The Bertz CT molecular complexity index is 4580. The van der Waals surface area contributed by atoms with Crippen LogP contribution in [0.25, 0.3) is 144 Å². The van der Waals surface area contributed by atoms with E-state index >= 15 is 0 Å². The van der Waals surface area contributed by atoms with Crippen LogP contribution in [0.2, 0.25) is 0 Å². The van der Waals surface area contributed by atoms with Gasteiger partial charge in [0.1, 0.15) is 16.7 Å². The summed E-state index contributed by atoms with van der Waals surface area (Å²) >= 11 is 0. The van der Waals surface area contributed by atoms with E-state index < -0.39 is 0 Å². The van der Waals surface area contributed by atoms with Gasteiger partial charge in [0, 0.05) is 54.2 Å². The van der Waals surface area contributed by atoms with Crippen molar-refractivity contribution in [1.82, 2.24) is 24.1 Å². The number of hydrogen-bond acceptors (Lipinski definition) is 5. The summed E-state index contributed by atoms with van der Waals surface area (Å²) in [5.41, 5.74) is 14.5. The molecule has 15 aromatic rings. The zero-order chi connectivity index (χ0) is 45.9. The maximum absolute atomic E-state index is 6.98. The molecule has 0 atom stereocenters. The van der Waals surface area contributed by atoms with Crippen LogP contribution in [0, 0.1) is 0 Å². The molecule has 70 heavy (non-hydrogen) atoms. The smallest absolute Gasteiger partial charge is 0.238 e. The van der Waals surface area contributed by atoms with Crippen molar-refractivity contribution in [3.8, 4) is 56.7 Å². The molecule has 0 aliphatic heterocycles. The second-order valence-electron chi connectivity index (χ2n) is 17.9. The summed E-state index contributed by atoms with van der Waals surface area (Å²) in [5.74, 6) is 1.62. The van der Waals surface area contributed by atoms with Gasteiger partial charge in [-0.1, -0.05) is 182 Å². The van der Waals surface area contributed by atoms with Crippen LogP contribution in [0.4, 0.5) is 0 Å². The Kier molecular flexibility index (Phi) is 8.23. The van der Waals surface area contributed by atoms with Crippen molar-refractivity contribution in [2.45, 2.75) is 0 Å². The summed E-state index contributed by atoms with van der Waals surface area (Å²) in [4.78, 5) is 16.2. The van der Waals surface area contributed by atoms with Crippen molar-refractivity contribution in [3.63, 3.8) is 0 Å².